The van der Waals surface area contributed by atoms with Crippen LogP contribution in [0.1, 0.15) is 31.2 Å². The summed E-state index contributed by atoms with van der Waals surface area (Å²) in [5.74, 6) is 0. The molecule has 0 aromatic heterocycles. The van der Waals surface area contributed by atoms with E-state index >= 15 is 0 Å². The van der Waals surface area contributed by atoms with Crippen LogP contribution in [0.3, 0.4) is 0 Å². The summed E-state index contributed by atoms with van der Waals surface area (Å²) in [6.45, 7) is 0. The first kappa shape index (κ1) is 10.7. The van der Waals surface area contributed by atoms with Crippen molar-refractivity contribution < 1.29 is 4.92 Å². The van der Waals surface area contributed by atoms with Crippen LogP contribution in [-0.2, 0) is 0 Å². The molecule has 0 aliphatic heterocycles. The molecule has 0 saturated carbocycles. The zero-order valence-electron chi connectivity index (χ0n) is 8.98. The molecular weight excluding hydrogens is 204 g/mol. The molecule has 84 valence electrons. The lowest BCUT2D eigenvalue weighted by atomic mass is 9.92. The van der Waals surface area contributed by atoms with Crippen LogP contribution >= 0.6 is 0 Å². The molecule has 0 spiro atoms. The number of anilines is 1. The second-order valence-corrected chi connectivity index (χ2v) is 4.00. The maximum atomic E-state index is 10.7. The van der Waals surface area contributed by atoms with E-state index in [0.717, 1.165) is 30.4 Å². The summed E-state index contributed by atoms with van der Waals surface area (Å²) in [4.78, 5) is 10.3. The molecule has 0 radical (unpaired) electrons. The molecule has 2 rings (SSSR count). The summed E-state index contributed by atoms with van der Waals surface area (Å²) in [6.07, 6.45) is 6.47. The van der Waals surface area contributed by atoms with Gasteiger partial charge in [0.2, 0.25) is 0 Å². The Hall–Kier alpha value is -1.84. The fraction of sp³-hybridized carbons (Fsp3) is 0.333. The Morgan fingerprint density at radius 2 is 2.12 bits per heavy atom. The number of hydrogen-bond acceptors (Lipinski definition) is 3. The number of non-ortho nitro benzene ring substituents is 1. The number of allylic oxidation sites excluding steroid dienone is 2. The highest BCUT2D eigenvalue weighted by atomic mass is 16.6. The van der Waals surface area contributed by atoms with Crippen molar-refractivity contribution in [3.63, 3.8) is 0 Å². The molecule has 4 heteroatoms. The van der Waals surface area contributed by atoms with Crippen LogP contribution in [0.25, 0.3) is 5.57 Å². The predicted molar refractivity (Wildman–Crippen MR) is 64.0 cm³/mol. The van der Waals surface area contributed by atoms with E-state index in [1.165, 1.54) is 12.5 Å². The van der Waals surface area contributed by atoms with Crippen LogP contribution in [0.15, 0.2) is 24.3 Å². The van der Waals surface area contributed by atoms with Gasteiger partial charge in [0.05, 0.1) is 4.92 Å². The van der Waals surface area contributed by atoms with E-state index in [2.05, 4.69) is 6.08 Å². The number of benzene rings is 1. The van der Waals surface area contributed by atoms with Gasteiger partial charge in [-0.2, -0.15) is 0 Å². The van der Waals surface area contributed by atoms with Crippen molar-refractivity contribution in [2.24, 2.45) is 0 Å². The van der Waals surface area contributed by atoms with Crippen LogP contribution in [0.5, 0.6) is 0 Å². The highest BCUT2D eigenvalue weighted by molar-refractivity contribution is 5.77. The molecule has 0 bridgehead atoms. The van der Waals surface area contributed by atoms with E-state index in [-0.39, 0.29) is 10.6 Å². The van der Waals surface area contributed by atoms with Crippen LogP contribution in [0, 0.1) is 10.1 Å². The normalized spacial score (nSPS) is 15.6. The molecule has 1 aromatic rings. The molecule has 4 nitrogen and oxygen atoms in total. The lowest BCUT2D eigenvalue weighted by Gasteiger charge is -2.14. The molecule has 0 unspecified atom stereocenters. The number of nitrogens with zero attached hydrogens (tertiary/aromatic N) is 1. The van der Waals surface area contributed by atoms with Crippen LogP contribution in [0.2, 0.25) is 0 Å². The van der Waals surface area contributed by atoms with Crippen molar-refractivity contribution in [3.8, 4) is 0 Å². The number of nitrogen functional groups attached to an aromatic ring is 1. The first-order chi connectivity index (χ1) is 7.68. The molecule has 16 heavy (non-hydrogen) atoms. The largest absolute Gasteiger partial charge is 0.398 e. The third-order valence-corrected chi connectivity index (χ3v) is 2.88. The Morgan fingerprint density at radius 1 is 1.31 bits per heavy atom. The molecule has 0 amide bonds. The first-order valence-electron chi connectivity index (χ1n) is 5.42. The molecule has 1 aliphatic rings. The highest BCUT2D eigenvalue weighted by Gasteiger charge is 2.13. The summed E-state index contributed by atoms with van der Waals surface area (Å²) in [6, 6.07) is 4.64. The SMILES string of the molecule is Nc1ccc([N+](=O)[O-])cc1C1=CCCCC1. The van der Waals surface area contributed by atoms with E-state index in [1.54, 1.807) is 12.1 Å². The van der Waals surface area contributed by atoms with Crippen molar-refractivity contribution in [2.45, 2.75) is 25.7 Å². The summed E-state index contributed by atoms with van der Waals surface area (Å²) >= 11 is 0. The van der Waals surface area contributed by atoms with E-state index in [4.69, 9.17) is 5.73 Å². The van der Waals surface area contributed by atoms with Crippen LogP contribution < -0.4 is 5.73 Å². The number of nitro benzene ring substituents is 1. The average Bonchev–Trinajstić information content (AvgIpc) is 2.30. The van der Waals surface area contributed by atoms with E-state index in [0.29, 0.717) is 5.69 Å². The van der Waals surface area contributed by atoms with Crippen LogP contribution in [0.4, 0.5) is 11.4 Å². The molecule has 0 heterocycles. The molecule has 0 saturated heterocycles. The van der Waals surface area contributed by atoms with Crippen molar-refractivity contribution in [1.29, 1.82) is 0 Å². The van der Waals surface area contributed by atoms with E-state index in [9.17, 15) is 10.1 Å². The number of rotatable bonds is 2. The van der Waals surface area contributed by atoms with Crippen LogP contribution in [-0.4, -0.2) is 4.92 Å². The molecule has 2 N–H and O–H groups in total. The maximum absolute atomic E-state index is 10.7. The van der Waals surface area contributed by atoms with Gasteiger partial charge in [0.15, 0.2) is 0 Å². The fourth-order valence-electron chi connectivity index (χ4n) is 2.02. The van der Waals surface area contributed by atoms with E-state index in [1.807, 2.05) is 0 Å². The van der Waals surface area contributed by atoms with Gasteiger partial charge in [0.25, 0.3) is 5.69 Å². The Labute approximate surface area is 93.9 Å². The molecule has 0 fully saturated rings. The summed E-state index contributed by atoms with van der Waals surface area (Å²) < 4.78 is 0. The molecular formula is C12H14N2O2. The lowest BCUT2D eigenvalue weighted by Crippen LogP contribution is -1.99. The molecule has 1 aliphatic carbocycles. The first-order valence-corrected chi connectivity index (χ1v) is 5.42. The quantitative estimate of drug-likeness (QED) is 0.471. The summed E-state index contributed by atoms with van der Waals surface area (Å²) in [5, 5.41) is 10.7. The van der Waals surface area contributed by atoms with E-state index < -0.39 is 0 Å². The third-order valence-electron chi connectivity index (χ3n) is 2.88. The monoisotopic (exact) mass is 218 g/mol. The Morgan fingerprint density at radius 3 is 2.75 bits per heavy atom. The van der Waals surface area contributed by atoms with Gasteiger partial charge in [0.1, 0.15) is 0 Å². The maximum Gasteiger partial charge on any atom is 0.270 e. The van der Waals surface area contributed by atoms with Gasteiger partial charge in [-0.05, 0) is 37.3 Å². The predicted octanol–water partition coefficient (Wildman–Crippen LogP) is 3.13. The minimum Gasteiger partial charge on any atom is -0.398 e. The minimum atomic E-state index is -0.383. The Balaban J connectivity index is 2.42. The Bertz CT molecular complexity index is 452. The van der Waals surface area contributed by atoms with Gasteiger partial charge in [0, 0.05) is 23.4 Å². The van der Waals surface area contributed by atoms with Crippen molar-refractivity contribution >= 4 is 16.9 Å². The van der Waals surface area contributed by atoms with Gasteiger partial charge >= 0.3 is 0 Å². The van der Waals surface area contributed by atoms with Gasteiger partial charge in [-0.15, -0.1) is 0 Å². The summed E-state index contributed by atoms with van der Waals surface area (Å²) in [7, 11) is 0. The van der Waals surface area contributed by atoms with Gasteiger partial charge < -0.3 is 5.73 Å². The summed E-state index contributed by atoms with van der Waals surface area (Å²) in [5.41, 5.74) is 8.56. The average molecular weight is 218 g/mol. The number of hydrogen-bond donors (Lipinski definition) is 1. The minimum absolute atomic E-state index is 0.107. The third kappa shape index (κ3) is 2.05. The standard InChI is InChI=1S/C12H14N2O2/c13-12-7-6-10(14(15)16)8-11(12)9-4-2-1-3-5-9/h4,6-8H,1-3,5,13H2. The lowest BCUT2D eigenvalue weighted by molar-refractivity contribution is -0.384. The fourth-order valence-corrected chi connectivity index (χ4v) is 2.02. The second-order valence-electron chi connectivity index (χ2n) is 4.00. The second kappa shape index (κ2) is 4.35. The van der Waals surface area contributed by atoms with Crippen molar-refractivity contribution in [2.75, 3.05) is 5.73 Å². The molecule has 1 aromatic carbocycles. The zero-order chi connectivity index (χ0) is 11.5. The van der Waals surface area contributed by atoms with Gasteiger partial charge in [-0.3, -0.25) is 10.1 Å². The topological polar surface area (TPSA) is 69.2 Å². The highest BCUT2D eigenvalue weighted by Crippen LogP contribution is 2.32. The number of nitrogens with two attached hydrogens (primary N) is 1. The Kier molecular flexibility index (Phi) is 2.90. The van der Waals surface area contributed by atoms with Gasteiger partial charge in [-0.1, -0.05) is 6.08 Å². The number of nitro groups is 1. The zero-order valence-corrected chi connectivity index (χ0v) is 8.98. The van der Waals surface area contributed by atoms with Gasteiger partial charge in [-0.25, -0.2) is 0 Å². The molecule has 0 atom stereocenters. The smallest absolute Gasteiger partial charge is 0.270 e. The van der Waals surface area contributed by atoms with Crippen molar-refractivity contribution in [1.82, 2.24) is 0 Å². The van der Waals surface area contributed by atoms with Crippen molar-refractivity contribution in [3.05, 3.63) is 40.0 Å².